The zero-order valence-corrected chi connectivity index (χ0v) is 24.6. The number of allylic oxidation sites excluding steroid dienone is 1. The Balaban J connectivity index is 1.46. The van der Waals surface area contributed by atoms with Gasteiger partial charge in [0.2, 0.25) is 11.8 Å². The lowest BCUT2D eigenvalue weighted by Crippen LogP contribution is -2.38. The number of hydrogen-bond donors (Lipinski definition) is 5. The van der Waals surface area contributed by atoms with Crippen LogP contribution in [-0.2, 0) is 9.59 Å². The van der Waals surface area contributed by atoms with Gasteiger partial charge in [0.15, 0.2) is 0 Å². The van der Waals surface area contributed by atoms with Gasteiger partial charge in [-0.25, -0.2) is 10.2 Å². The fourth-order valence-electron chi connectivity index (χ4n) is 4.92. The summed E-state index contributed by atoms with van der Waals surface area (Å²) < 4.78 is 19.8. The Hall–Kier alpha value is -5.30. The Kier molecular flexibility index (Phi) is 8.86. The molecule has 7 N–H and O–H groups in total. The van der Waals surface area contributed by atoms with E-state index in [2.05, 4.69) is 31.1 Å². The third-order valence-corrected chi connectivity index (χ3v) is 7.49. The fourth-order valence-corrected chi connectivity index (χ4v) is 4.92. The summed E-state index contributed by atoms with van der Waals surface area (Å²) >= 11 is 0. The van der Waals surface area contributed by atoms with Crippen molar-refractivity contribution in [2.24, 2.45) is 17.5 Å². The summed E-state index contributed by atoms with van der Waals surface area (Å²) in [5.74, 6) is 4.98. The van der Waals surface area contributed by atoms with Crippen molar-refractivity contribution in [3.05, 3.63) is 89.6 Å². The second kappa shape index (κ2) is 12.9. The Morgan fingerprint density at radius 3 is 2.68 bits per heavy atom. The van der Waals surface area contributed by atoms with Crippen molar-refractivity contribution in [3.8, 4) is 11.1 Å². The van der Waals surface area contributed by atoms with Crippen molar-refractivity contribution >= 4 is 34.9 Å². The zero-order chi connectivity index (χ0) is 31.4. The van der Waals surface area contributed by atoms with E-state index in [1.807, 2.05) is 31.2 Å². The molecule has 228 valence electrons. The van der Waals surface area contributed by atoms with Crippen LogP contribution in [0.4, 0.5) is 27.5 Å². The summed E-state index contributed by atoms with van der Waals surface area (Å²) in [4.78, 5) is 31.1. The maximum absolute atomic E-state index is 14.3. The first-order chi connectivity index (χ1) is 21.1. The number of halogens is 1. The first-order valence-corrected chi connectivity index (χ1v) is 14.2. The van der Waals surface area contributed by atoms with E-state index in [9.17, 15) is 14.0 Å². The Bertz CT molecular complexity index is 1720. The number of nitrogens with two attached hydrogens (primary N) is 2. The van der Waals surface area contributed by atoms with Gasteiger partial charge in [-0.3, -0.25) is 19.6 Å². The van der Waals surface area contributed by atoms with Crippen LogP contribution in [0.25, 0.3) is 11.1 Å². The molecule has 0 aliphatic carbocycles. The topological polar surface area (TPSA) is 177 Å². The van der Waals surface area contributed by atoms with Crippen LogP contribution >= 0.6 is 0 Å². The van der Waals surface area contributed by atoms with Gasteiger partial charge in [-0.2, -0.15) is 0 Å². The lowest BCUT2D eigenvalue weighted by Gasteiger charge is -2.24. The highest BCUT2D eigenvalue weighted by atomic mass is 19.1. The molecule has 2 aromatic carbocycles. The van der Waals surface area contributed by atoms with Crippen LogP contribution in [0.3, 0.4) is 0 Å². The molecule has 0 saturated heterocycles. The minimum absolute atomic E-state index is 0.0811. The number of rotatable bonds is 6. The van der Waals surface area contributed by atoms with E-state index >= 15 is 0 Å². The van der Waals surface area contributed by atoms with Crippen LogP contribution in [-0.4, -0.2) is 27.0 Å². The number of nitrogens with zero attached hydrogens (tertiary/aromatic N) is 4. The number of para-hydroxylation sites is 1. The van der Waals surface area contributed by atoms with Gasteiger partial charge < -0.3 is 26.1 Å². The van der Waals surface area contributed by atoms with Crippen LogP contribution in [0.15, 0.2) is 76.6 Å². The van der Waals surface area contributed by atoms with E-state index < -0.39 is 17.8 Å². The summed E-state index contributed by atoms with van der Waals surface area (Å²) in [7, 11) is 0. The first-order valence-electron chi connectivity index (χ1n) is 14.2. The molecule has 0 spiro atoms. The highest BCUT2D eigenvalue weighted by molar-refractivity contribution is 5.98. The highest BCUT2D eigenvalue weighted by Gasteiger charge is 2.24. The number of aryl methyl sites for hydroxylation is 1. The highest BCUT2D eigenvalue weighted by Crippen LogP contribution is 2.34. The molecule has 1 aliphatic rings. The first kappa shape index (κ1) is 30.2. The standard InChI is InChI=1S/C31H34FN9O3/c1-17-7-6-9-24(37-30(43)28(33)18(2)41(34)27-10-5-4-8-23(27)32)26-15-20(13-14-35-26)22-12-11-21(16-25(22)38-29(17)42)36-31-40-39-19(3)44-31/h4-5,8,10-17,24H,6-7,9,33-34H2,1-3H3,(H,36,40)(H,37,43)(H,38,42)/b28-18-/t17-,24?/m0/s1. The maximum Gasteiger partial charge on any atom is 0.320 e. The number of benzene rings is 2. The van der Waals surface area contributed by atoms with Crippen molar-refractivity contribution in [1.82, 2.24) is 20.5 Å². The Morgan fingerprint density at radius 2 is 1.93 bits per heavy atom. The van der Waals surface area contributed by atoms with Crippen LogP contribution in [0, 0.1) is 18.7 Å². The molecular formula is C31H34FN9O3. The number of nitrogens with one attached hydrogen (secondary N) is 3. The summed E-state index contributed by atoms with van der Waals surface area (Å²) in [6.07, 6.45) is 3.35. The predicted octanol–water partition coefficient (Wildman–Crippen LogP) is 4.81. The van der Waals surface area contributed by atoms with Crippen molar-refractivity contribution in [2.45, 2.75) is 46.1 Å². The minimum atomic E-state index is -0.572. The van der Waals surface area contributed by atoms with Gasteiger partial charge in [-0.15, -0.1) is 5.10 Å². The van der Waals surface area contributed by atoms with E-state index in [1.54, 1.807) is 38.2 Å². The van der Waals surface area contributed by atoms with E-state index in [1.165, 1.54) is 12.1 Å². The Labute approximate surface area is 253 Å². The molecular weight excluding hydrogens is 565 g/mol. The quantitative estimate of drug-likeness (QED) is 0.117. The molecule has 2 bridgehead atoms. The normalized spacial score (nSPS) is 17.2. The van der Waals surface area contributed by atoms with Gasteiger partial charge >= 0.3 is 6.01 Å². The van der Waals surface area contributed by atoms with E-state index in [4.69, 9.17) is 16.0 Å². The number of carbonyl (C=O) groups excluding carboxylic acids is 2. The fraction of sp³-hybridized carbons (Fsp3) is 0.258. The zero-order valence-electron chi connectivity index (χ0n) is 24.6. The molecule has 1 aliphatic heterocycles. The predicted molar refractivity (Wildman–Crippen MR) is 164 cm³/mol. The SMILES string of the molecule is C/C(=C(/N)C(=O)NC1CCC[C@H](C)C(=O)Nc2cc(Nc3nnc(C)o3)ccc2-c2ccnc1c2)N(N)c1ccccc1F. The third-order valence-electron chi connectivity index (χ3n) is 7.49. The minimum Gasteiger partial charge on any atom is -0.408 e. The molecule has 5 rings (SSSR count). The average molecular weight is 600 g/mol. The van der Waals surface area contributed by atoms with Gasteiger partial charge in [-0.05, 0) is 61.7 Å². The molecule has 2 atom stereocenters. The van der Waals surface area contributed by atoms with Crippen LogP contribution in [0.1, 0.15) is 50.7 Å². The molecule has 3 heterocycles. The maximum atomic E-state index is 14.3. The molecule has 2 amide bonds. The molecule has 0 saturated carbocycles. The van der Waals surface area contributed by atoms with Gasteiger partial charge in [0, 0.05) is 30.3 Å². The van der Waals surface area contributed by atoms with Crippen molar-refractivity contribution in [1.29, 1.82) is 0 Å². The number of hydrogen-bond acceptors (Lipinski definition) is 10. The molecule has 4 aromatic rings. The second-order valence-electron chi connectivity index (χ2n) is 10.6. The van der Waals surface area contributed by atoms with Crippen LogP contribution < -0.4 is 32.5 Å². The largest absolute Gasteiger partial charge is 0.408 e. The monoisotopic (exact) mass is 599 g/mol. The summed E-state index contributed by atoms with van der Waals surface area (Å²) in [5.41, 5.74) is 9.71. The number of aromatic nitrogens is 3. The molecule has 1 unspecified atom stereocenters. The molecule has 44 heavy (non-hydrogen) atoms. The van der Waals surface area contributed by atoms with Gasteiger partial charge in [0.1, 0.15) is 11.5 Å². The lowest BCUT2D eigenvalue weighted by molar-refractivity contribution is -0.120. The van der Waals surface area contributed by atoms with E-state index in [-0.39, 0.29) is 34.9 Å². The van der Waals surface area contributed by atoms with Gasteiger partial charge in [-0.1, -0.05) is 36.6 Å². The van der Waals surface area contributed by atoms with E-state index in [0.717, 1.165) is 16.1 Å². The van der Waals surface area contributed by atoms with E-state index in [0.29, 0.717) is 42.2 Å². The van der Waals surface area contributed by atoms with Crippen molar-refractivity contribution < 1.29 is 18.4 Å². The third kappa shape index (κ3) is 6.68. The summed E-state index contributed by atoms with van der Waals surface area (Å²) in [6.45, 7) is 5.10. The summed E-state index contributed by atoms with van der Waals surface area (Å²) in [6, 6.07) is 14.9. The number of anilines is 4. The number of pyridine rings is 1. The summed E-state index contributed by atoms with van der Waals surface area (Å²) in [5, 5.41) is 18.0. The number of carbonyl (C=O) groups is 2. The van der Waals surface area contributed by atoms with Crippen LogP contribution in [0.2, 0.25) is 0 Å². The molecule has 0 radical (unpaired) electrons. The average Bonchev–Trinajstić information content (AvgIpc) is 3.43. The van der Waals surface area contributed by atoms with Crippen LogP contribution in [0.5, 0.6) is 0 Å². The second-order valence-corrected chi connectivity index (χ2v) is 10.6. The number of hydrazine groups is 1. The lowest BCUT2D eigenvalue weighted by atomic mass is 9.95. The Morgan fingerprint density at radius 1 is 1.14 bits per heavy atom. The number of amides is 2. The molecule has 13 heteroatoms. The molecule has 2 aromatic heterocycles. The smallest absolute Gasteiger partial charge is 0.320 e. The van der Waals surface area contributed by atoms with Crippen molar-refractivity contribution in [2.75, 3.05) is 15.6 Å². The van der Waals surface area contributed by atoms with Gasteiger partial charge in [0.05, 0.1) is 28.8 Å². The molecule has 0 fully saturated rings. The number of fused-ring (bicyclic) bond motifs is 4. The van der Waals surface area contributed by atoms with Gasteiger partial charge in [0.25, 0.3) is 5.91 Å². The van der Waals surface area contributed by atoms with Crippen molar-refractivity contribution in [3.63, 3.8) is 0 Å². The molecule has 12 nitrogen and oxygen atoms in total.